The topological polar surface area (TPSA) is 38.3 Å². The van der Waals surface area contributed by atoms with Crippen molar-refractivity contribution in [2.75, 3.05) is 7.11 Å². The Morgan fingerprint density at radius 2 is 1.85 bits per heavy atom. The normalized spacial score (nSPS) is 10.1. The molecule has 1 amide bonds. The van der Waals surface area contributed by atoms with E-state index in [-0.39, 0.29) is 12.3 Å². The zero-order valence-corrected chi connectivity index (χ0v) is 12.0. The van der Waals surface area contributed by atoms with Gasteiger partial charge in [-0.3, -0.25) is 4.79 Å². The summed E-state index contributed by atoms with van der Waals surface area (Å²) in [5, 5.41) is 3.49. The van der Waals surface area contributed by atoms with Crippen LogP contribution in [0.15, 0.2) is 48.5 Å². The Kier molecular flexibility index (Phi) is 5.02. The van der Waals surface area contributed by atoms with Crippen LogP contribution in [-0.2, 0) is 17.8 Å². The molecule has 4 heteroatoms. The second-order valence-corrected chi connectivity index (χ2v) is 4.80. The number of hydrogen-bond donors (Lipinski definition) is 1. The Bertz CT molecular complexity index is 581. The van der Waals surface area contributed by atoms with E-state index < -0.39 is 0 Å². The van der Waals surface area contributed by atoms with Crippen molar-refractivity contribution in [1.82, 2.24) is 5.32 Å². The molecule has 0 saturated heterocycles. The van der Waals surface area contributed by atoms with Crippen LogP contribution in [0.5, 0.6) is 5.75 Å². The van der Waals surface area contributed by atoms with Gasteiger partial charge in [-0.15, -0.1) is 0 Å². The lowest BCUT2D eigenvalue weighted by atomic mass is 10.1. The van der Waals surface area contributed by atoms with Crippen LogP contribution >= 0.6 is 11.6 Å². The van der Waals surface area contributed by atoms with E-state index in [9.17, 15) is 4.79 Å². The summed E-state index contributed by atoms with van der Waals surface area (Å²) >= 11 is 6.02. The van der Waals surface area contributed by atoms with Gasteiger partial charge >= 0.3 is 0 Å². The maximum atomic E-state index is 11.9. The Morgan fingerprint density at radius 3 is 2.50 bits per heavy atom. The number of benzene rings is 2. The molecule has 0 atom stereocenters. The molecular formula is C16H16ClNO2. The lowest BCUT2D eigenvalue weighted by Gasteiger charge is -2.07. The van der Waals surface area contributed by atoms with Crippen LogP contribution in [0.3, 0.4) is 0 Å². The van der Waals surface area contributed by atoms with Gasteiger partial charge in [0.05, 0.1) is 13.5 Å². The molecule has 0 unspecified atom stereocenters. The van der Waals surface area contributed by atoms with E-state index in [0.717, 1.165) is 16.9 Å². The molecule has 0 aliphatic rings. The fourth-order valence-corrected chi connectivity index (χ4v) is 2.02. The summed E-state index contributed by atoms with van der Waals surface area (Å²) in [6, 6.07) is 15.0. The quantitative estimate of drug-likeness (QED) is 0.918. The van der Waals surface area contributed by atoms with E-state index >= 15 is 0 Å². The highest BCUT2D eigenvalue weighted by Crippen LogP contribution is 2.15. The zero-order chi connectivity index (χ0) is 14.4. The van der Waals surface area contributed by atoms with Crippen molar-refractivity contribution in [3.63, 3.8) is 0 Å². The molecule has 2 aromatic carbocycles. The first-order valence-electron chi connectivity index (χ1n) is 6.32. The third-order valence-corrected chi connectivity index (χ3v) is 3.33. The lowest BCUT2D eigenvalue weighted by molar-refractivity contribution is -0.120. The maximum Gasteiger partial charge on any atom is 0.224 e. The average Bonchev–Trinajstić information content (AvgIpc) is 2.48. The van der Waals surface area contributed by atoms with Crippen LogP contribution in [0, 0.1) is 0 Å². The number of carbonyl (C=O) groups excluding carboxylic acids is 1. The third kappa shape index (κ3) is 4.00. The van der Waals surface area contributed by atoms with Crippen molar-refractivity contribution >= 4 is 17.5 Å². The first-order valence-corrected chi connectivity index (χ1v) is 6.70. The van der Waals surface area contributed by atoms with Gasteiger partial charge in [0.15, 0.2) is 0 Å². The Hall–Kier alpha value is -2.00. The number of halogens is 1. The summed E-state index contributed by atoms with van der Waals surface area (Å²) in [6.45, 7) is 0.493. The fourth-order valence-electron chi connectivity index (χ4n) is 1.82. The van der Waals surface area contributed by atoms with Gasteiger partial charge in [-0.25, -0.2) is 0 Å². The number of ether oxygens (including phenoxy) is 1. The molecule has 0 saturated carbocycles. The van der Waals surface area contributed by atoms with Crippen molar-refractivity contribution in [2.24, 2.45) is 0 Å². The Balaban J connectivity index is 1.87. The minimum atomic E-state index is -0.0473. The molecule has 0 fully saturated rings. The number of hydrogen-bond acceptors (Lipinski definition) is 2. The number of rotatable bonds is 5. The number of nitrogens with one attached hydrogen (secondary N) is 1. The Morgan fingerprint density at radius 1 is 1.15 bits per heavy atom. The number of methoxy groups -OCH3 is 1. The summed E-state index contributed by atoms with van der Waals surface area (Å²) in [5.74, 6) is 0.755. The molecule has 3 nitrogen and oxygen atoms in total. The highest BCUT2D eigenvalue weighted by Gasteiger charge is 2.06. The molecule has 0 aliphatic carbocycles. The molecule has 0 aromatic heterocycles. The van der Waals surface area contributed by atoms with Gasteiger partial charge in [-0.05, 0) is 29.3 Å². The zero-order valence-electron chi connectivity index (χ0n) is 11.2. The van der Waals surface area contributed by atoms with Crippen LogP contribution in [-0.4, -0.2) is 13.0 Å². The van der Waals surface area contributed by atoms with Crippen LogP contribution in [0.25, 0.3) is 0 Å². The smallest absolute Gasteiger partial charge is 0.224 e. The van der Waals surface area contributed by atoms with Crippen molar-refractivity contribution in [3.8, 4) is 5.75 Å². The summed E-state index contributed by atoms with van der Waals surface area (Å²) < 4.78 is 5.08. The van der Waals surface area contributed by atoms with Gasteiger partial charge in [-0.2, -0.15) is 0 Å². The molecule has 0 bridgehead atoms. The van der Waals surface area contributed by atoms with Gasteiger partial charge in [0.1, 0.15) is 5.75 Å². The van der Waals surface area contributed by atoms with Crippen LogP contribution in [0.4, 0.5) is 0 Å². The number of carbonyl (C=O) groups is 1. The van der Waals surface area contributed by atoms with Crippen molar-refractivity contribution in [1.29, 1.82) is 0 Å². The summed E-state index contributed by atoms with van der Waals surface area (Å²) in [4.78, 5) is 11.9. The number of amides is 1. The van der Waals surface area contributed by atoms with E-state index in [1.807, 2.05) is 42.5 Å². The summed E-state index contributed by atoms with van der Waals surface area (Å²) in [5.41, 5.74) is 1.86. The van der Waals surface area contributed by atoms with Crippen molar-refractivity contribution < 1.29 is 9.53 Å². The molecule has 1 N–H and O–H groups in total. The predicted molar refractivity (Wildman–Crippen MR) is 80.0 cm³/mol. The van der Waals surface area contributed by atoms with E-state index in [2.05, 4.69) is 5.32 Å². The predicted octanol–water partition coefficient (Wildman–Crippen LogP) is 3.21. The van der Waals surface area contributed by atoms with Gasteiger partial charge in [0.2, 0.25) is 5.91 Å². The van der Waals surface area contributed by atoms with E-state index in [0.29, 0.717) is 11.6 Å². The van der Waals surface area contributed by atoms with E-state index in [1.54, 1.807) is 13.2 Å². The molecular weight excluding hydrogens is 274 g/mol. The molecule has 20 heavy (non-hydrogen) atoms. The van der Waals surface area contributed by atoms with Gasteiger partial charge in [-0.1, -0.05) is 41.9 Å². The summed E-state index contributed by atoms with van der Waals surface area (Å²) in [6.07, 6.45) is 0.288. The van der Waals surface area contributed by atoms with Crippen LogP contribution in [0.1, 0.15) is 11.1 Å². The molecule has 0 heterocycles. The molecule has 2 aromatic rings. The van der Waals surface area contributed by atoms with E-state index in [1.165, 1.54) is 0 Å². The average molecular weight is 290 g/mol. The first-order chi connectivity index (χ1) is 9.69. The minimum absolute atomic E-state index is 0.0473. The van der Waals surface area contributed by atoms with Gasteiger partial charge < -0.3 is 10.1 Å². The van der Waals surface area contributed by atoms with Crippen molar-refractivity contribution in [2.45, 2.75) is 13.0 Å². The Labute approximate surface area is 123 Å². The standard InChI is InChI=1S/C16H16ClNO2/c1-20-14-8-6-12(7-9-14)11-18-16(19)10-13-4-2-3-5-15(13)17/h2-9H,10-11H2,1H3,(H,18,19). The lowest BCUT2D eigenvalue weighted by Crippen LogP contribution is -2.24. The third-order valence-electron chi connectivity index (χ3n) is 2.96. The van der Waals surface area contributed by atoms with E-state index in [4.69, 9.17) is 16.3 Å². The highest BCUT2D eigenvalue weighted by atomic mass is 35.5. The van der Waals surface area contributed by atoms with Gasteiger partial charge in [0.25, 0.3) is 0 Å². The second kappa shape index (κ2) is 6.96. The largest absolute Gasteiger partial charge is 0.497 e. The second-order valence-electron chi connectivity index (χ2n) is 4.39. The maximum absolute atomic E-state index is 11.9. The van der Waals surface area contributed by atoms with Gasteiger partial charge in [0, 0.05) is 11.6 Å². The molecule has 104 valence electrons. The monoisotopic (exact) mass is 289 g/mol. The minimum Gasteiger partial charge on any atom is -0.497 e. The SMILES string of the molecule is COc1ccc(CNC(=O)Cc2ccccc2Cl)cc1. The molecule has 0 spiro atoms. The summed E-state index contributed by atoms with van der Waals surface area (Å²) in [7, 11) is 1.63. The molecule has 2 rings (SSSR count). The molecule has 0 aliphatic heterocycles. The molecule has 0 radical (unpaired) electrons. The first kappa shape index (κ1) is 14.4. The van der Waals surface area contributed by atoms with Crippen molar-refractivity contribution in [3.05, 3.63) is 64.7 Å². The fraction of sp³-hybridized carbons (Fsp3) is 0.188. The highest BCUT2D eigenvalue weighted by molar-refractivity contribution is 6.31. The van der Waals surface area contributed by atoms with Crippen LogP contribution < -0.4 is 10.1 Å². The van der Waals surface area contributed by atoms with Crippen LogP contribution in [0.2, 0.25) is 5.02 Å².